The highest BCUT2D eigenvalue weighted by Crippen LogP contribution is 2.45. The number of aliphatic hydroxyl groups is 1. The van der Waals surface area contributed by atoms with Crippen LogP contribution in [0.2, 0.25) is 0 Å². The van der Waals surface area contributed by atoms with Gasteiger partial charge in [0.25, 0.3) is 0 Å². The van der Waals surface area contributed by atoms with Crippen LogP contribution in [0.15, 0.2) is 0 Å². The van der Waals surface area contributed by atoms with E-state index < -0.39 is 97.5 Å². The van der Waals surface area contributed by atoms with Gasteiger partial charge >= 0.3 is 39.5 Å². The fourth-order valence-electron chi connectivity index (χ4n) is 10.6. The van der Waals surface area contributed by atoms with E-state index >= 15 is 0 Å². The molecule has 0 saturated carbocycles. The number of hydrogen-bond acceptors (Lipinski definition) is 15. The van der Waals surface area contributed by atoms with Gasteiger partial charge in [-0.25, -0.2) is 9.13 Å². The molecule has 0 fully saturated rings. The van der Waals surface area contributed by atoms with Crippen molar-refractivity contribution in [3.63, 3.8) is 0 Å². The van der Waals surface area contributed by atoms with Gasteiger partial charge in [-0.3, -0.25) is 37.3 Å². The van der Waals surface area contributed by atoms with E-state index in [2.05, 4.69) is 41.5 Å². The summed E-state index contributed by atoms with van der Waals surface area (Å²) in [4.78, 5) is 72.4. The van der Waals surface area contributed by atoms with Crippen molar-refractivity contribution in [1.29, 1.82) is 0 Å². The maximum absolute atomic E-state index is 13.0. The van der Waals surface area contributed by atoms with E-state index in [0.717, 1.165) is 95.8 Å². The molecule has 0 aromatic rings. The van der Waals surface area contributed by atoms with Crippen molar-refractivity contribution in [3.8, 4) is 0 Å². The van der Waals surface area contributed by atoms with Crippen molar-refractivity contribution in [2.75, 3.05) is 39.6 Å². The first-order valence-electron chi connectivity index (χ1n) is 36.5. The van der Waals surface area contributed by atoms with Crippen molar-refractivity contribution >= 4 is 39.5 Å². The molecule has 0 radical (unpaired) electrons. The van der Waals surface area contributed by atoms with Gasteiger partial charge in [-0.15, -0.1) is 0 Å². The Kier molecular flexibility index (Phi) is 60.8. The van der Waals surface area contributed by atoms with Gasteiger partial charge in [-0.05, 0) is 37.5 Å². The topological polar surface area (TPSA) is 237 Å². The maximum Gasteiger partial charge on any atom is 0.472 e. The Morgan fingerprint density at radius 3 is 0.764 bits per heavy atom. The molecule has 0 aromatic carbocycles. The second kappa shape index (κ2) is 62.2. The number of rotatable bonds is 69. The summed E-state index contributed by atoms with van der Waals surface area (Å²) >= 11 is 0. The van der Waals surface area contributed by atoms with Gasteiger partial charge in [0.15, 0.2) is 12.2 Å². The minimum Gasteiger partial charge on any atom is -0.462 e. The summed E-state index contributed by atoms with van der Waals surface area (Å²) in [6, 6.07) is 0. The van der Waals surface area contributed by atoms with Gasteiger partial charge in [-0.1, -0.05) is 305 Å². The van der Waals surface area contributed by atoms with E-state index in [9.17, 15) is 43.2 Å². The minimum absolute atomic E-state index is 0.103. The molecule has 89 heavy (non-hydrogen) atoms. The average molecular weight is 1310 g/mol. The molecule has 17 nitrogen and oxygen atoms in total. The molecular formula is C70H136O17P2. The molecule has 5 atom stereocenters. The Bertz CT molecular complexity index is 1730. The van der Waals surface area contributed by atoms with Crippen molar-refractivity contribution in [2.24, 2.45) is 11.8 Å². The number of phosphoric acid groups is 2. The van der Waals surface area contributed by atoms with Crippen LogP contribution in [-0.2, 0) is 65.4 Å². The zero-order chi connectivity index (χ0) is 65.7. The van der Waals surface area contributed by atoms with Crippen LogP contribution < -0.4 is 0 Å². The number of ether oxygens (including phenoxy) is 4. The number of esters is 4. The molecule has 0 rings (SSSR count). The molecule has 528 valence electrons. The highest BCUT2D eigenvalue weighted by molar-refractivity contribution is 7.47. The molecule has 3 N–H and O–H groups in total. The molecule has 0 aliphatic rings. The zero-order valence-electron chi connectivity index (χ0n) is 57.7. The molecule has 0 saturated heterocycles. The molecule has 0 spiro atoms. The molecule has 0 bridgehead atoms. The van der Waals surface area contributed by atoms with Gasteiger partial charge in [0.05, 0.1) is 26.4 Å². The van der Waals surface area contributed by atoms with Crippen molar-refractivity contribution in [2.45, 2.75) is 374 Å². The molecule has 0 amide bonds. The van der Waals surface area contributed by atoms with E-state index in [0.29, 0.717) is 31.6 Å². The summed E-state index contributed by atoms with van der Waals surface area (Å²) in [5, 5.41) is 10.6. The van der Waals surface area contributed by atoms with Crippen LogP contribution in [0.5, 0.6) is 0 Å². The van der Waals surface area contributed by atoms with E-state index in [1.54, 1.807) is 0 Å². The summed E-state index contributed by atoms with van der Waals surface area (Å²) in [6.07, 6.45) is 47.4. The van der Waals surface area contributed by atoms with E-state index in [-0.39, 0.29) is 25.7 Å². The van der Waals surface area contributed by atoms with E-state index in [1.807, 2.05) is 0 Å². The lowest BCUT2D eigenvalue weighted by molar-refractivity contribution is -0.161. The third-order valence-electron chi connectivity index (χ3n) is 16.2. The van der Waals surface area contributed by atoms with Gasteiger partial charge in [0.2, 0.25) is 0 Å². The number of carbonyl (C=O) groups is 4. The van der Waals surface area contributed by atoms with Crippen LogP contribution in [0.25, 0.3) is 0 Å². The highest BCUT2D eigenvalue weighted by atomic mass is 31.2. The zero-order valence-corrected chi connectivity index (χ0v) is 59.5. The van der Waals surface area contributed by atoms with Crippen LogP contribution in [-0.4, -0.2) is 96.7 Å². The Morgan fingerprint density at radius 1 is 0.303 bits per heavy atom. The van der Waals surface area contributed by atoms with Gasteiger partial charge in [0, 0.05) is 25.7 Å². The SMILES string of the molecule is CCCCCCCCCCCCCCCCCCCCC(=O)O[C@H](COC(=O)CCCCCCCCCCCC(C)C)COP(=O)(O)OC[C@@H](O)COP(=O)(O)OC[C@@H](COC(=O)CCCCCCCCCCC)OC(=O)CCCCCCCCCC(C)C. The highest BCUT2D eigenvalue weighted by Gasteiger charge is 2.30. The first kappa shape index (κ1) is 87.1. The molecule has 0 aliphatic carbocycles. The van der Waals surface area contributed by atoms with Gasteiger partial charge in [-0.2, -0.15) is 0 Å². The molecular weight excluding hydrogens is 1170 g/mol. The van der Waals surface area contributed by atoms with Gasteiger partial charge in [0.1, 0.15) is 19.3 Å². The lowest BCUT2D eigenvalue weighted by atomic mass is 10.0. The van der Waals surface area contributed by atoms with Crippen molar-refractivity contribution < 1.29 is 80.2 Å². The summed E-state index contributed by atoms with van der Waals surface area (Å²) in [5.74, 6) is -0.688. The lowest BCUT2D eigenvalue weighted by Crippen LogP contribution is -2.30. The van der Waals surface area contributed by atoms with Crippen molar-refractivity contribution in [1.82, 2.24) is 0 Å². The predicted octanol–water partition coefficient (Wildman–Crippen LogP) is 20.0. The Balaban J connectivity index is 5.21. The van der Waals surface area contributed by atoms with Crippen LogP contribution in [0.4, 0.5) is 0 Å². The fraction of sp³-hybridized carbons (Fsp3) is 0.943. The number of phosphoric ester groups is 2. The largest absolute Gasteiger partial charge is 0.472 e. The minimum atomic E-state index is -4.95. The summed E-state index contributed by atoms with van der Waals surface area (Å²) < 4.78 is 68.2. The second-order valence-electron chi connectivity index (χ2n) is 26.2. The van der Waals surface area contributed by atoms with Crippen LogP contribution in [0, 0.1) is 11.8 Å². The maximum atomic E-state index is 13.0. The smallest absolute Gasteiger partial charge is 0.462 e. The predicted molar refractivity (Wildman–Crippen MR) is 358 cm³/mol. The Hall–Kier alpha value is -1.94. The summed E-state index contributed by atoms with van der Waals surface area (Å²) in [6.45, 7) is 9.45. The molecule has 2 unspecified atom stereocenters. The molecule has 0 heterocycles. The molecule has 19 heteroatoms. The standard InChI is InChI=1S/C70H136O17P2/c1-7-9-11-13-15-17-18-19-20-21-22-23-24-25-29-36-42-48-54-69(74)86-65(58-81-68(73)53-47-41-35-30-26-28-32-38-44-50-62(3)4)60-84-88(76,77)82-56-64(71)57-83-89(78,79)85-61-66(59-80-67(72)52-46-40-34-27-16-14-12-10-8-2)87-70(75)55-49-43-37-31-33-39-45-51-63(5)6/h62-66,71H,7-61H2,1-6H3,(H,76,77)(H,78,79)/t64-,65-,66-/m1/s1. The summed E-state index contributed by atoms with van der Waals surface area (Å²) in [7, 11) is -9.90. The Morgan fingerprint density at radius 2 is 0.517 bits per heavy atom. The van der Waals surface area contributed by atoms with Crippen LogP contribution in [0.3, 0.4) is 0 Å². The second-order valence-corrected chi connectivity index (χ2v) is 29.1. The van der Waals surface area contributed by atoms with Gasteiger partial charge < -0.3 is 33.8 Å². The molecule has 0 aliphatic heterocycles. The van der Waals surface area contributed by atoms with Crippen LogP contribution >= 0.6 is 15.6 Å². The third-order valence-corrected chi connectivity index (χ3v) is 18.1. The van der Waals surface area contributed by atoms with Crippen LogP contribution in [0.1, 0.15) is 356 Å². The fourth-order valence-corrected chi connectivity index (χ4v) is 12.2. The average Bonchev–Trinajstić information content (AvgIpc) is 3.71. The Labute approximate surface area is 543 Å². The number of aliphatic hydroxyl groups excluding tert-OH is 1. The number of unbranched alkanes of at least 4 members (excludes halogenated alkanes) is 39. The normalized spacial score (nSPS) is 14.1. The van der Waals surface area contributed by atoms with E-state index in [4.69, 9.17) is 37.0 Å². The molecule has 0 aromatic heterocycles. The van der Waals surface area contributed by atoms with Crippen molar-refractivity contribution in [3.05, 3.63) is 0 Å². The van der Waals surface area contributed by atoms with E-state index in [1.165, 1.54) is 173 Å². The third kappa shape index (κ3) is 64.6. The number of hydrogen-bond donors (Lipinski definition) is 3. The monoisotopic (exact) mass is 1310 g/mol. The first-order valence-corrected chi connectivity index (χ1v) is 39.5. The lowest BCUT2D eigenvalue weighted by Gasteiger charge is -2.21. The number of carbonyl (C=O) groups excluding carboxylic acids is 4. The quantitative estimate of drug-likeness (QED) is 0.0222. The first-order chi connectivity index (χ1) is 42.9. The summed E-state index contributed by atoms with van der Waals surface area (Å²) in [5.41, 5.74) is 0.